The Morgan fingerprint density at radius 2 is 1.79 bits per heavy atom. The number of hydrogen-bond donors (Lipinski definition) is 1. The molecule has 2 aliphatic heterocycles. The van der Waals surface area contributed by atoms with Gasteiger partial charge in [0.1, 0.15) is 5.54 Å². The minimum atomic E-state index is -0.667. The van der Waals surface area contributed by atoms with Crippen LogP contribution in [-0.4, -0.2) is 47.0 Å². The Morgan fingerprint density at radius 1 is 1.10 bits per heavy atom. The molecule has 156 valence electrons. The number of nitrogens with zero attached hydrogens (tertiary/aromatic N) is 2. The summed E-state index contributed by atoms with van der Waals surface area (Å²) in [6.45, 7) is 8.81. The number of hydrogen-bond acceptors (Lipinski definition) is 3. The van der Waals surface area contributed by atoms with Crippen LogP contribution in [0, 0.1) is 11.3 Å². The SMILES string of the molecule is CC(C)(C)C1CCC2(CC1)NC(=O)N(CN1CC=C(c3ccccc3)CC1)C2=O. The summed E-state index contributed by atoms with van der Waals surface area (Å²) in [6.07, 6.45) is 6.67. The van der Waals surface area contributed by atoms with Gasteiger partial charge in [-0.05, 0) is 54.6 Å². The van der Waals surface area contributed by atoms with Crippen LogP contribution < -0.4 is 5.32 Å². The molecule has 1 saturated carbocycles. The van der Waals surface area contributed by atoms with E-state index in [9.17, 15) is 9.59 Å². The molecule has 0 unspecified atom stereocenters. The number of amides is 3. The van der Waals surface area contributed by atoms with Crippen molar-refractivity contribution in [1.29, 1.82) is 0 Å². The zero-order chi connectivity index (χ0) is 20.6. The second-order valence-electron chi connectivity index (χ2n) is 9.95. The van der Waals surface area contributed by atoms with Crippen LogP contribution in [-0.2, 0) is 4.79 Å². The fourth-order valence-corrected chi connectivity index (χ4v) is 5.07. The molecular formula is C24H33N3O2. The molecule has 2 heterocycles. The average Bonchev–Trinajstić information content (AvgIpc) is 2.93. The predicted octanol–water partition coefficient (Wildman–Crippen LogP) is 4.26. The zero-order valence-corrected chi connectivity index (χ0v) is 17.9. The van der Waals surface area contributed by atoms with E-state index < -0.39 is 5.54 Å². The van der Waals surface area contributed by atoms with Gasteiger partial charge < -0.3 is 5.32 Å². The van der Waals surface area contributed by atoms with Crippen molar-refractivity contribution in [3.8, 4) is 0 Å². The van der Waals surface area contributed by atoms with Gasteiger partial charge in [0, 0.05) is 13.1 Å². The lowest BCUT2D eigenvalue weighted by atomic mass is 9.67. The van der Waals surface area contributed by atoms with Crippen molar-refractivity contribution in [3.05, 3.63) is 42.0 Å². The van der Waals surface area contributed by atoms with Crippen molar-refractivity contribution in [2.24, 2.45) is 11.3 Å². The molecule has 1 aliphatic carbocycles. The van der Waals surface area contributed by atoms with Crippen molar-refractivity contribution in [2.75, 3.05) is 19.8 Å². The largest absolute Gasteiger partial charge is 0.326 e. The molecule has 0 atom stereocenters. The average molecular weight is 396 g/mol. The Hall–Kier alpha value is -2.14. The highest BCUT2D eigenvalue weighted by atomic mass is 16.2. The molecule has 5 nitrogen and oxygen atoms in total. The van der Waals surface area contributed by atoms with Gasteiger partial charge in [-0.1, -0.05) is 57.2 Å². The Labute approximate surface area is 174 Å². The number of carbonyl (C=O) groups excluding carboxylic acids is 2. The summed E-state index contributed by atoms with van der Waals surface area (Å²) in [4.78, 5) is 29.5. The van der Waals surface area contributed by atoms with E-state index in [4.69, 9.17) is 0 Å². The minimum Gasteiger partial charge on any atom is -0.323 e. The Balaban J connectivity index is 1.38. The van der Waals surface area contributed by atoms with Crippen LogP contribution in [0.3, 0.4) is 0 Å². The van der Waals surface area contributed by atoms with Crippen LogP contribution in [0.25, 0.3) is 5.57 Å². The first-order valence-corrected chi connectivity index (χ1v) is 10.9. The van der Waals surface area contributed by atoms with Gasteiger partial charge in [0.25, 0.3) is 5.91 Å². The Bertz CT molecular complexity index is 801. The molecule has 1 N–H and O–H groups in total. The third kappa shape index (κ3) is 3.97. The number of rotatable bonds is 3. The highest BCUT2D eigenvalue weighted by Crippen LogP contribution is 2.43. The topological polar surface area (TPSA) is 52.7 Å². The van der Waals surface area contributed by atoms with Crippen molar-refractivity contribution in [1.82, 2.24) is 15.1 Å². The smallest absolute Gasteiger partial charge is 0.323 e. The van der Waals surface area contributed by atoms with Crippen LogP contribution in [0.15, 0.2) is 36.4 Å². The molecule has 0 radical (unpaired) electrons. The van der Waals surface area contributed by atoms with E-state index in [2.05, 4.69) is 61.3 Å². The first-order valence-electron chi connectivity index (χ1n) is 10.9. The summed E-state index contributed by atoms with van der Waals surface area (Å²) in [5.74, 6) is 0.586. The van der Waals surface area contributed by atoms with Crippen molar-refractivity contribution in [2.45, 2.75) is 58.4 Å². The monoisotopic (exact) mass is 395 g/mol. The number of imide groups is 1. The van der Waals surface area contributed by atoms with Crippen LogP contribution >= 0.6 is 0 Å². The van der Waals surface area contributed by atoms with Gasteiger partial charge in [0.2, 0.25) is 0 Å². The molecule has 0 bridgehead atoms. The molecule has 4 rings (SSSR count). The van der Waals surface area contributed by atoms with E-state index in [1.165, 1.54) is 16.0 Å². The Morgan fingerprint density at radius 3 is 2.38 bits per heavy atom. The lowest BCUT2D eigenvalue weighted by Crippen LogP contribution is -2.51. The molecule has 3 aliphatic rings. The van der Waals surface area contributed by atoms with Gasteiger partial charge in [0.05, 0.1) is 6.67 Å². The van der Waals surface area contributed by atoms with Gasteiger partial charge in [-0.25, -0.2) is 9.69 Å². The van der Waals surface area contributed by atoms with Gasteiger partial charge in [-0.15, -0.1) is 0 Å². The molecule has 3 amide bonds. The summed E-state index contributed by atoms with van der Waals surface area (Å²) in [5, 5.41) is 3.06. The summed E-state index contributed by atoms with van der Waals surface area (Å²) in [7, 11) is 0. The minimum absolute atomic E-state index is 0.0207. The molecule has 1 aromatic carbocycles. The third-order valence-corrected chi connectivity index (χ3v) is 7.09. The van der Waals surface area contributed by atoms with E-state index in [-0.39, 0.29) is 17.4 Å². The van der Waals surface area contributed by atoms with E-state index in [0.717, 1.165) is 45.2 Å². The van der Waals surface area contributed by atoms with E-state index >= 15 is 0 Å². The van der Waals surface area contributed by atoms with E-state index in [1.54, 1.807) is 0 Å². The number of urea groups is 1. The maximum Gasteiger partial charge on any atom is 0.326 e. The molecule has 1 spiro atoms. The van der Waals surface area contributed by atoms with Gasteiger partial charge in [0.15, 0.2) is 0 Å². The molecule has 2 fully saturated rings. The first kappa shape index (κ1) is 20.1. The molecular weight excluding hydrogens is 362 g/mol. The highest BCUT2D eigenvalue weighted by Gasteiger charge is 2.53. The maximum atomic E-state index is 13.2. The van der Waals surface area contributed by atoms with Gasteiger partial charge in [-0.2, -0.15) is 0 Å². The van der Waals surface area contributed by atoms with Crippen molar-refractivity contribution >= 4 is 17.5 Å². The summed E-state index contributed by atoms with van der Waals surface area (Å²) < 4.78 is 0. The summed E-state index contributed by atoms with van der Waals surface area (Å²) >= 11 is 0. The molecule has 1 aromatic rings. The first-order chi connectivity index (χ1) is 13.8. The normalized spacial score (nSPS) is 28.6. The summed E-state index contributed by atoms with van der Waals surface area (Å²) in [6, 6.07) is 10.2. The molecule has 1 saturated heterocycles. The molecule has 0 aromatic heterocycles. The number of benzene rings is 1. The van der Waals surface area contributed by atoms with E-state index in [0.29, 0.717) is 12.6 Å². The third-order valence-electron chi connectivity index (χ3n) is 7.09. The lowest BCUT2D eigenvalue weighted by Gasteiger charge is -2.40. The van der Waals surface area contributed by atoms with Gasteiger partial charge in [-0.3, -0.25) is 9.69 Å². The quantitative estimate of drug-likeness (QED) is 0.778. The predicted molar refractivity (Wildman–Crippen MR) is 115 cm³/mol. The second-order valence-corrected chi connectivity index (χ2v) is 9.95. The fraction of sp³-hybridized carbons (Fsp3) is 0.583. The van der Waals surface area contributed by atoms with Crippen LogP contribution in [0.5, 0.6) is 0 Å². The zero-order valence-electron chi connectivity index (χ0n) is 17.9. The summed E-state index contributed by atoms with van der Waals surface area (Å²) in [5.41, 5.74) is 2.19. The van der Waals surface area contributed by atoms with Crippen LogP contribution in [0.2, 0.25) is 0 Å². The molecule has 5 heteroatoms. The maximum absolute atomic E-state index is 13.2. The Kier molecular flexibility index (Phi) is 5.28. The van der Waals surface area contributed by atoms with Gasteiger partial charge >= 0.3 is 6.03 Å². The second kappa shape index (κ2) is 7.60. The van der Waals surface area contributed by atoms with Crippen LogP contribution in [0.1, 0.15) is 58.4 Å². The number of nitrogens with one attached hydrogen (secondary N) is 1. The van der Waals surface area contributed by atoms with E-state index in [1.807, 2.05) is 6.07 Å². The van der Waals surface area contributed by atoms with Crippen LogP contribution in [0.4, 0.5) is 4.79 Å². The standard InChI is InChI=1S/C24H33N3O2/c1-23(2,3)20-9-13-24(14-10-20)21(28)27(22(29)25-24)17-26-15-11-19(12-16-26)18-7-5-4-6-8-18/h4-8,11,20H,9-10,12-17H2,1-3H3,(H,25,29). The fourth-order valence-electron chi connectivity index (χ4n) is 5.07. The van der Waals surface area contributed by atoms with Crippen molar-refractivity contribution in [3.63, 3.8) is 0 Å². The lowest BCUT2D eigenvalue weighted by molar-refractivity contribution is -0.134. The highest BCUT2D eigenvalue weighted by molar-refractivity contribution is 6.07. The van der Waals surface area contributed by atoms with Crippen molar-refractivity contribution < 1.29 is 9.59 Å². The number of carbonyl (C=O) groups is 2. The molecule has 29 heavy (non-hydrogen) atoms.